The fourth-order valence-electron chi connectivity index (χ4n) is 1.29. The van der Waals surface area contributed by atoms with Gasteiger partial charge in [0.1, 0.15) is 11.5 Å². The van der Waals surface area contributed by atoms with Crippen LogP contribution < -0.4 is 0 Å². The molecule has 0 aliphatic carbocycles. The summed E-state index contributed by atoms with van der Waals surface area (Å²) in [4.78, 5) is 13.2. The van der Waals surface area contributed by atoms with E-state index in [1.54, 1.807) is 0 Å². The minimum absolute atomic E-state index is 0.0926. The number of rotatable bonds is 1. The fourth-order valence-corrected chi connectivity index (χ4v) is 1.29. The summed E-state index contributed by atoms with van der Waals surface area (Å²) in [6.07, 6.45) is 1.47. The number of hydrogen-bond donors (Lipinski definition) is 2. The smallest absolute Gasteiger partial charge is 0.352 e. The predicted octanol–water partition coefficient (Wildman–Crippen LogP) is 2.01. The van der Waals surface area contributed by atoms with Gasteiger partial charge in [0.05, 0.1) is 0 Å². The quantitative estimate of drug-likeness (QED) is 0.703. The van der Waals surface area contributed by atoms with Gasteiger partial charge in [-0.2, -0.15) is 0 Å². The molecule has 0 spiro atoms. The van der Waals surface area contributed by atoms with Crippen LogP contribution in [0, 0.1) is 5.82 Å². The van der Waals surface area contributed by atoms with E-state index in [0.29, 0.717) is 10.8 Å². The number of carbonyl (C=O) groups is 1. The van der Waals surface area contributed by atoms with Crippen molar-refractivity contribution in [2.45, 2.75) is 0 Å². The molecule has 1 aromatic carbocycles. The van der Waals surface area contributed by atoms with Crippen LogP contribution in [0.1, 0.15) is 10.5 Å². The molecule has 0 atom stereocenters. The molecule has 1 aromatic heterocycles. The van der Waals surface area contributed by atoms with Crippen LogP contribution >= 0.6 is 0 Å². The van der Waals surface area contributed by atoms with E-state index < -0.39 is 5.97 Å². The van der Waals surface area contributed by atoms with Crippen LogP contribution in [-0.2, 0) is 0 Å². The summed E-state index contributed by atoms with van der Waals surface area (Å²) in [5.41, 5.74) is 0.0926. The Morgan fingerprint density at radius 1 is 1.46 bits per heavy atom. The summed E-state index contributed by atoms with van der Waals surface area (Å²) in [5, 5.41) is 9.81. The number of aromatic amines is 1. The molecule has 0 fully saturated rings. The third kappa shape index (κ3) is 1.16. The Morgan fingerprint density at radius 3 is 2.92 bits per heavy atom. The first kappa shape index (κ1) is 7.79. The fraction of sp³-hybridized carbons (Fsp3) is 0. The van der Waals surface area contributed by atoms with Gasteiger partial charge < -0.3 is 10.1 Å². The largest absolute Gasteiger partial charge is 0.477 e. The van der Waals surface area contributed by atoms with E-state index in [2.05, 4.69) is 4.98 Å². The third-order valence-corrected chi connectivity index (χ3v) is 1.87. The SMILES string of the molecule is O=C(O)c1[nH]cc2cc(F)ccc12. The van der Waals surface area contributed by atoms with Gasteiger partial charge in [0, 0.05) is 17.0 Å². The molecule has 2 N–H and O–H groups in total. The van der Waals surface area contributed by atoms with Gasteiger partial charge >= 0.3 is 5.97 Å². The van der Waals surface area contributed by atoms with Crippen LogP contribution in [0.4, 0.5) is 4.39 Å². The zero-order chi connectivity index (χ0) is 9.42. The molecule has 0 aliphatic heterocycles. The first-order valence-electron chi connectivity index (χ1n) is 3.68. The lowest BCUT2D eigenvalue weighted by Gasteiger charge is -1.91. The van der Waals surface area contributed by atoms with Crippen LogP contribution in [-0.4, -0.2) is 16.1 Å². The second-order valence-electron chi connectivity index (χ2n) is 2.70. The molecule has 0 bridgehead atoms. The van der Waals surface area contributed by atoms with Crippen LogP contribution in [0.15, 0.2) is 24.4 Å². The Balaban J connectivity index is 2.76. The number of fused-ring (bicyclic) bond motifs is 1. The van der Waals surface area contributed by atoms with Crippen molar-refractivity contribution >= 4 is 16.7 Å². The Hall–Kier alpha value is -1.84. The van der Waals surface area contributed by atoms with Crippen molar-refractivity contribution in [3.05, 3.63) is 35.9 Å². The van der Waals surface area contributed by atoms with E-state index >= 15 is 0 Å². The summed E-state index contributed by atoms with van der Waals surface area (Å²) in [6.45, 7) is 0. The molecule has 0 radical (unpaired) electrons. The van der Waals surface area contributed by atoms with Gasteiger partial charge in [0.25, 0.3) is 0 Å². The number of nitrogens with one attached hydrogen (secondary N) is 1. The monoisotopic (exact) mass is 179 g/mol. The highest BCUT2D eigenvalue weighted by Crippen LogP contribution is 2.18. The Labute approximate surface area is 72.8 Å². The standard InChI is InChI=1S/C9H6FNO2/c10-6-1-2-7-5(3-6)4-11-8(7)9(12)13/h1-4,11H,(H,12,13). The van der Waals surface area contributed by atoms with Gasteiger partial charge in [-0.1, -0.05) is 0 Å². The average molecular weight is 179 g/mol. The highest BCUT2D eigenvalue weighted by Gasteiger charge is 2.09. The first-order chi connectivity index (χ1) is 6.18. The minimum atomic E-state index is -1.04. The number of aromatic carboxylic acids is 1. The van der Waals surface area contributed by atoms with Crippen molar-refractivity contribution in [1.82, 2.24) is 4.98 Å². The highest BCUT2D eigenvalue weighted by atomic mass is 19.1. The van der Waals surface area contributed by atoms with E-state index in [4.69, 9.17) is 5.11 Å². The topological polar surface area (TPSA) is 53.1 Å². The lowest BCUT2D eigenvalue weighted by Crippen LogP contribution is -1.96. The van der Waals surface area contributed by atoms with Crippen LogP contribution in [0.3, 0.4) is 0 Å². The number of benzene rings is 1. The van der Waals surface area contributed by atoms with E-state index in [9.17, 15) is 9.18 Å². The van der Waals surface area contributed by atoms with Gasteiger partial charge in [-0.15, -0.1) is 0 Å². The molecule has 3 nitrogen and oxygen atoms in total. The van der Waals surface area contributed by atoms with Crippen LogP contribution in [0.25, 0.3) is 10.8 Å². The number of halogens is 1. The molecule has 0 amide bonds. The number of H-pyrrole nitrogens is 1. The van der Waals surface area contributed by atoms with E-state index in [0.717, 1.165) is 0 Å². The summed E-state index contributed by atoms with van der Waals surface area (Å²) >= 11 is 0. The molecule has 0 saturated carbocycles. The molecule has 2 rings (SSSR count). The Bertz CT molecular complexity index is 475. The van der Waals surface area contributed by atoms with Gasteiger partial charge in [-0.25, -0.2) is 9.18 Å². The van der Waals surface area contributed by atoms with Gasteiger partial charge in [0.2, 0.25) is 0 Å². The van der Waals surface area contributed by atoms with E-state index in [-0.39, 0.29) is 11.5 Å². The zero-order valence-corrected chi connectivity index (χ0v) is 6.54. The number of carboxylic acid groups (broad SMARTS) is 1. The summed E-state index contributed by atoms with van der Waals surface area (Å²) < 4.78 is 12.7. The van der Waals surface area contributed by atoms with Crippen molar-refractivity contribution < 1.29 is 14.3 Å². The lowest BCUT2D eigenvalue weighted by atomic mass is 10.2. The van der Waals surface area contributed by atoms with Gasteiger partial charge in [0.15, 0.2) is 0 Å². The molecule has 0 saturated heterocycles. The summed E-state index contributed by atoms with van der Waals surface area (Å²) in [7, 11) is 0. The molecule has 13 heavy (non-hydrogen) atoms. The maximum absolute atomic E-state index is 12.7. The van der Waals surface area contributed by atoms with E-state index in [1.165, 1.54) is 24.4 Å². The summed E-state index contributed by atoms with van der Waals surface area (Å²) in [5.74, 6) is -1.41. The molecular formula is C9H6FNO2. The van der Waals surface area contributed by atoms with Crippen molar-refractivity contribution in [1.29, 1.82) is 0 Å². The number of aromatic nitrogens is 1. The number of carboxylic acids is 1. The second kappa shape index (κ2) is 2.58. The minimum Gasteiger partial charge on any atom is -0.477 e. The number of hydrogen-bond acceptors (Lipinski definition) is 1. The Morgan fingerprint density at radius 2 is 2.23 bits per heavy atom. The predicted molar refractivity (Wildman–Crippen MR) is 45.2 cm³/mol. The first-order valence-corrected chi connectivity index (χ1v) is 3.68. The maximum Gasteiger partial charge on any atom is 0.352 e. The van der Waals surface area contributed by atoms with Gasteiger partial charge in [-0.3, -0.25) is 0 Å². The second-order valence-corrected chi connectivity index (χ2v) is 2.70. The molecule has 4 heteroatoms. The molecule has 2 aromatic rings. The summed E-state index contributed by atoms with van der Waals surface area (Å²) in [6, 6.07) is 3.98. The van der Waals surface area contributed by atoms with Crippen LogP contribution in [0.2, 0.25) is 0 Å². The van der Waals surface area contributed by atoms with Crippen molar-refractivity contribution in [2.24, 2.45) is 0 Å². The molecule has 66 valence electrons. The normalized spacial score (nSPS) is 10.5. The molecule has 0 aliphatic rings. The lowest BCUT2D eigenvalue weighted by molar-refractivity contribution is 0.0693. The van der Waals surface area contributed by atoms with E-state index in [1.807, 2.05) is 0 Å². The highest BCUT2D eigenvalue weighted by molar-refractivity contribution is 6.02. The average Bonchev–Trinajstić information content (AvgIpc) is 2.46. The molecule has 1 heterocycles. The van der Waals surface area contributed by atoms with Gasteiger partial charge in [-0.05, 0) is 18.2 Å². The van der Waals surface area contributed by atoms with Crippen molar-refractivity contribution in [3.8, 4) is 0 Å². The van der Waals surface area contributed by atoms with Crippen LogP contribution in [0.5, 0.6) is 0 Å². The third-order valence-electron chi connectivity index (χ3n) is 1.87. The zero-order valence-electron chi connectivity index (χ0n) is 6.54. The van der Waals surface area contributed by atoms with Crippen molar-refractivity contribution in [2.75, 3.05) is 0 Å². The van der Waals surface area contributed by atoms with Crippen molar-refractivity contribution in [3.63, 3.8) is 0 Å². The Kier molecular flexibility index (Phi) is 1.55. The molecule has 0 unspecified atom stereocenters. The molecular weight excluding hydrogens is 173 g/mol. The maximum atomic E-state index is 12.7.